The van der Waals surface area contributed by atoms with Gasteiger partial charge in [0.15, 0.2) is 23.0 Å². The number of phenols is 4. The van der Waals surface area contributed by atoms with Gasteiger partial charge < -0.3 is 20.4 Å². The molecule has 124 valence electrons. The number of phenolic OH excluding ortho intramolecular Hbond substituents is 4. The van der Waals surface area contributed by atoms with Crippen LogP contribution < -0.4 is 0 Å². The van der Waals surface area contributed by atoms with Crippen LogP contribution in [0.25, 0.3) is 0 Å². The smallest absolute Gasteiger partial charge is 0.161 e. The highest BCUT2D eigenvalue weighted by molar-refractivity contribution is 5.47. The van der Waals surface area contributed by atoms with Gasteiger partial charge in [-0.15, -0.1) is 0 Å². The Morgan fingerprint density at radius 1 is 0.913 bits per heavy atom. The van der Waals surface area contributed by atoms with Crippen LogP contribution in [0.2, 0.25) is 0 Å². The fraction of sp³-hybridized carbons (Fsp3) is 0.333. The van der Waals surface area contributed by atoms with Gasteiger partial charge >= 0.3 is 0 Å². The minimum absolute atomic E-state index is 0.0862. The number of hydrogen-bond acceptors (Lipinski definition) is 5. The number of fused-ring (bicyclic) bond motifs is 1. The normalized spacial score (nSPS) is 13.8. The van der Waals surface area contributed by atoms with Gasteiger partial charge in [0.05, 0.1) is 0 Å². The topological polar surface area (TPSA) is 84.2 Å². The molecule has 2 aromatic carbocycles. The Bertz CT molecular complexity index is 685. The van der Waals surface area contributed by atoms with Gasteiger partial charge in [0.2, 0.25) is 0 Å². The largest absolute Gasteiger partial charge is 0.504 e. The van der Waals surface area contributed by atoms with E-state index in [1.807, 2.05) is 13.8 Å². The number of hydrogen-bond donors (Lipinski definition) is 4. The lowest BCUT2D eigenvalue weighted by Crippen LogP contribution is -2.30. The quantitative estimate of drug-likeness (QED) is 0.640. The van der Waals surface area contributed by atoms with E-state index in [4.69, 9.17) is 0 Å². The Balaban J connectivity index is 0.000000924. The van der Waals surface area contributed by atoms with Crippen molar-refractivity contribution in [3.63, 3.8) is 0 Å². The van der Waals surface area contributed by atoms with E-state index in [0.29, 0.717) is 18.7 Å². The first-order valence-corrected chi connectivity index (χ1v) is 7.80. The van der Waals surface area contributed by atoms with Crippen LogP contribution in [0.5, 0.6) is 23.0 Å². The fourth-order valence-corrected chi connectivity index (χ4v) is 2.72. The van der Waals surface area contributed by atoms with Gasteiger partial charge in [-0.2, -0.15) is 0 Å². The highest BCUT2D eigenvalue weighted by Gasteiger charge is 2.19. The van der Waals surface area contributed by atoms with E-state index < -0.39 is 0 Å². The second kappa shape index (κ2) is 7.24. The van der Waals surface area contributed by atoms with Gasteiger partial charge in [0.25, 0.3) is 0 Å². The van der Waals surface area contributed by atoms with Gasteiger partial charge in [0.1, 0.15) is 0 Å². The minimum atomic E-state index is -0.118. The highest BCUT2D eigenvalue weighted by atomic mass is 16.3. The molecule has 0 aliphatic carbocycles. The van der Waals surface area contributed by atoms with E-state index in [0.717, 1.165) is 24.1 Å². The number of benzene rings is 2. The van der Waals surface area contributed by atoms with Crippen molar-refractivity contribution in [2.45, 2.75) is 33.4 Å². The fourth-order valence-electron chi connectivity index (χ4n) is 2.72. The van der Waals surface area contributed by atoms with Crippen molar-refractivity contribution in [1.82, 2.24) is 4.90 Å². The zero-order valence-electron chi connectivity index (χ0n) is 13.5. The Morgan fingerprint density at radius 2 is 1.57 bits per heavy atom. The van der Waals surface area contributed by atoms with Crippen LogP contribution in [0.1, 0.15) is 30.5 Å². The van der Waals surface area contributed by atoms with Gasteiger partial charge in [0, 0.05) is 25.2 Å². The summed E-state index contributed by atoms with van der Waals surface area (Å²) in [7, 11) is 0. The second-order valence-corrected chi connectivity index (χ2v) is 5.36. The molecular weight excluding hydrogens is 294 g/mol. The molecule has 0 saturated heterocycles. The SMILES string of the molecule is CC.Oc1cc2c(cc1O)CN(Cc1cccc(O)c1O)CC2. The van der Waals surface area contributed by atoms with E-state index in [2.05, 4.69) is 4.90 Å². The second-order valence-electron chi connectivity index (χ2n) is 5.36. The molecule has 3 rings (SSSR count). The molecule has 5 heteroatoms. The maximum atomic E-state index is 9.85. The van der Waals surface area contributed by atoms with Gasteiger partial charge in [-0.25, -0.2) is 0 Å². The van der Waals surface area contributed by atoms with Crippen LogP contribution >= 0.6 is 0 Å². The molecule has 4 N–H and O–H groups in total. The first kappa shape index (κ1) is 17.0. The number of aromatic hydroxyl groups is 4. The summed E-state index contributed by atoms with van der Waals surface area (Å²) in [6.07, 6.45) is 0.767. The summed E-state index contributed by atoms with van der Waals surface area (Å²) < 4.78 is 0. The summed E-state index contributed by atoms with van der Waals surface area (Å²) in [5, 5.41) is 38.5. The van der Waals surface area contributed by atoms with Gasteiger partial charge in [-0.3, -0.25) is 4.90 Å². The molecule has 0 atom stereocenters. The van der Waals surface area contributed by atoms with E-state index in [1.54, 1.807) is 24.3 Å². The molecule has 1 aliphatic heterocycles. The Morgan fingerprint density at radius 3 is 2.26 bits per heavy atom. The Kier molecular flexibility index (Phi) is 5.34. The molecule has 0 bridgehead atoms. The maximum absolute atomic E-state index is 9.85. The first-order valence-electron chi connectivity index (χ1n) is 7.80. The molecule has 0 unspecified atom stereocenters. The van der Waals surface area contributed by atoms with Crippen molar-refractivity contribution >= 4 is 0 Å². The van der Waals surface area contributed by atoms with Crippen molar-refractivity contribution < 1.29 is 20.4 Å². The van der Waals surface area contributed by atoms with Crippen molar-refractivity contribution in [2.24, 2.45) is 0 Å². The third kappa shape index (κ3) is 3.68. The standard InChI is InChI=1S/C16H17NO4.C2H6/c18-13-3-1-2-11(16(13)21)8-17-5-4-10-6-14(19)15(20)7-12(10)9-17;1-2/h1-3,6-7,18-21H,4-5,8-9H2;1-2H3. The molecule has 0 spiro atoms. The molecule has 0 fully saturated rings. The van der Waals surface area contributed by atoms with E-state index >= 15 is 0 Å². The van der Waals surface area contributed by atoms with E-state index in [1.165, 1.54) is 6.07 Å². The highest BCUT2D eigenvalue weighted by Crippen LogP contribution is 2.33. The lowest BCUT2D eigenvalue weighted by atomic mass is 9.98. The summed E-state index contributed by atoms with van der Waals surface area (Å²) in [6, 6.07) is 8.11. The average Bonchev–Trinajstić information content (AvgIpc) is 2.55. The maximum Gasteiger partial charge on any atom is 0.161 e. The third-order valence-corrected chi connectivity index (χ3v) is 3.88. The number of rotatable bonds is 2. The van der Waals surface area contributed by atoms with Crippen LogP contribution in [0.15, 0.2) is 30.3 Å². The molecule has 1 heterocycles. The lowest BCUT2D eigenvalue weighted by molar-refractivity contribution is 0.240. The molecule has 0 radical (unpaired) electrons. The summed E-state index contributed by atoms with van der Waals surface area (Å²) >= 11 is 0. The van der Waals surface area contributed by atoms with Crippen LogP contribution in [0, 0.1) is 0 Å². The molecule has 1 aliphatic rings. The Labute approximate surface area is 136 Å². The van der Waals surface area contributed by atoms with Gasteiger partial charge in [-0.05, 0) is 35.7 Å². The first-order chi connectivity index (χ1) is 11.0. The zero-order valence-corrected chi connectivity index (χ0v) is 13.5. The van der Waals surface area contributed by atoms with E-state index in [9.17, 15) is 20.4 Å². The van der Waals surface area contributed by atoms with Crippen LogP contribution in [-0.2, 0) is 19.5 Å². The number of para-hydroxylation sites is 1. The molecular formula is C18H23NO4. The van der Waals surface area contributed by atoms with E-state index in [-0.39, 0.29) is 23.0 Å². The van der Waals surface area contributed by atoms with Crippen LogP contribution in [0.3, 0.4) is 0 Å². The predicted octanol–water partition coefficient (Wildman–Crippen LogP) is 3.09. The Hall–Kier alpha value is -2.40. The van der Waals surface area contributed by atoms with Crippen molar-refractivity contribution in [3.05, 3.63) is 47.0 Å². The molecule has 0 saturated carbocycles. The summed E-state index contributed by atoms with van der Waals surface area (Å²) in [6.45, 7) is 5.92. The molecule has 23 heavy (non-hydrogen) atoms. The van der Waals surface area contributed by atoms with Gasteiger partial charge in [-0.1, -0.05) is 26.0 Å². The van der Waals surface area contributed by atoms with Crippen molar-refractivity contribution in [2.75, 3.05) is 6.54 Å². The molecule has 5 nitrogen and oxygen atoms in total. The number of nitrogens with zero attached hydrogens (tertiary/aromatic N) is 1. The zero-order chi connectivity index (χ0) is 17.0. The molecule has 0 amide bonds. The monoisotopic (exact) mass is 317 g/mol. The summed E-state index contributed by atoms with van der Waals surface area (Å²) in [5.41, 5.74) is 2.67. The molecule has 0 aromatic heterocycles. The lowest BCUT2D eigenvalue weighted by Gasteiger charge is -2.29. The van der Waals surface area contributed by atoms with Crippen LogP contribution in [0.4, 0.5) is 0 Å². The average molecular weight is 317 g/mol. The van der Waals surface area contributed by atoms with Crippen LogP contribution in [-0.4, -0.2) is 31.9 Å². The predicted molar refractivity (Wildman–Crippen MR) is 88.7 cm³/mol. The summed E-state index contributed by atoms with van der Waals surface area (Å²) in [5.74, 6) is -0.409. The minimum Gasteiger partial charge on any atom is -0.504 e. The van der Waals surface area contributed by atoms with Crippen molar-refractivity contribution in [1.29, 1.82) is 0 Å². The van der Waals surface area contributed by atoms with Crippen molar-refractivity contribution in [3.8, 4) is 23.0 Å². The summed E-state index contributed by atoms with van der Waals surface area (Å²) in [4.78, 5) is 2.12. The third-order valence-electron chi connectivity index (χ3n) is 3.88. The molecule has 2 aromatic rings.